The van der Waals surface area contributed by atoms with Crippen LogP contribution in [0, 0.1) is 5.92 Å². The molecule has 1 aliphatic heterocycles. The van der Waals surface area contributed by atoms with Gasteiger partial charge in [0.05, 0.1) is 17.3 Å². The lowest BCUT2D eigenvalue weighted by Gasteiger charge is -2.23. The van der Waals surface area contributed by atoms with Crippen LogP contribution in [0.3, 0.4) is 0 Å². The normalized spacial score (nSPS) is 15.0. The van der Waals surface area contributed by atoms with E-state index in [0.717, 1.165) is 52.7 Å². The fourth-order valence-electron chi connectivity index (χ4n) is 5.53. The SMILES string of the molecule is CC(C)Cn1c2ccc(N)cc2c2c3c(c4c(c21)CCc1c-4cnn1C)C(=O)NC3. The summed E-state index contributed by atoms with van der Waals surface area (Å²) in [5.41, 5.74) is 16.0. The Hall–Kier alpha value is -3.28. The number of nitrogens with zero attached hydrogens (tertiary/aromatic N) is 3. The molecular weight excluding hydrogens is 374 g/mol. The number of carbonyl (C=O) groups is 1. The molecule has 4 aromatic rings. The van der Waals surface area contributed by atoms with Crippen molar-refractivity contribution in [2.45, 2.75) is 39.8 Å². The topological polar surface area (TPSA) is 77.9 Å². The van der Waals surface area contributed by atoms with Crippen LogP contribution in [0.2, 0.25) is 0 Å². The van der Waals surface area contributed by atoms with E-state index in [1.807, 2.05) is 24.0 Å². The van der Waals surface area contributed by atoms with Crippen molar-refractivity contribution in [3.05, 3.63) is 46.8 Å². The molecule has 6 heteroatoms. The number of aryl methyl sites for hydroxylation is 2. The molecule has 2 aliphatic rings. The highest BCUT2D eigenvalue weighted by atomic mass is 16.1. The van der Waals surface area contributed by atoms with Gasteiger partial charge in [0.25, 0.3) is 5.91 Å². The average molecular weight is 399 g/mol. The van der Waals surface area contributed by atoms with Crippen LogP contribution in [0.25, 0.3) is 32.9 Å². The molecule has 2 aromatic heterocycles. The summed E-state index contributed by atoms with van der Waals surface area (Å²) in [5, 5.41) is 9.95. The third-order valence-electron chi connectivity index (χ3n) is 6.67. The predicted molar refractivity (Wildman–Crippen MR) is 119 cm³/mol. The molecule has 0 radical (unpaired) electrons. The van der Waals surface area contributed by atoms with Gasteiger partial charge in [0.2, 0.25) is 0 Å². The van der Waals surface area contributed by atoms with Gasteiger partial charge in [0.15, 0.2) is 0 Å². The van der Waals surface area contributed by atoms with Crippen LogP contribution in [0.4, 0.5) is 5.69 Å². The van der Waals surface area contributed by atoms with Crippen molar-refractivity contribution in [3.8, 4) is 11.1 Å². The lowest BCUT2D eigenvalue weighted by atomic mass is 9.82. The minimum Gasteiger partial charge on any atom is -0.399 e. The standard InChI is InChI=1S/C24H25N5O/c1-12(2)11-29-19-6-4-13(25)8-15(19)21-17-9-26-24(30)22(17)20-14(23(21)29)5-7-18-16(20)10-27-28(18)3/h4,6,8,10,12H,5,7,9,11,25H2,1-3H3,(H,26,30). The van der Waals surface area contributed by atoms with Gasteiger partial charge in [-0.05, 0) is 48.1 Å². The summed E-state index contributed by atoms with van der Waals surface area (Å²) in [6.07, 6.45) is 3.76. The van der Waals surface area contributed by atoms with Gasteiger partial charge in [-0.3, -0.25) is 9.48 Å². The highest BCUT2D eigenvalue weighted by Crippen LogP contribution is 2.47. The van der Waals surface area contributed by atoms with Crippen molar-refractivity contribution in [1.82, 2.24) is 19.7 Å². The number of nitrogens with two attached hydrogens (primary N) is 1. The Morgan fingerprint density at radius 2 is 2.03 bits per heavy atom. The number of amides is 1. The van der Waals surface area contributed by atoms with Crippen LogP contribution in [-0.4, -0.2) is 20.3 Å². The summed E-state index contributed by atoms with van der Waals surface area (Å²) in [6.45, 7) is 5.98. The largest absolute Gasteiger partial charge is 0.399 e. The van der Waals surface area contributed by atoms with Crippen molar-refractivity contribution < 1.29 is 4.79 Å². The third kappa shape index (κ3) is 2.13. The molecule has 0 fully saturated rings. The van der Waals surface area contributed by atoms with E-state index in [1.165, 1.54) is 27.7 Å². The zero-order valence-corrected chi connectivity index (χ0v) is 17.5. The zero-order chi connectivity index (χ0) is 20.7. The van der Waals surface area contributed by atoms with Crippen LogP contribution in [-0.2, 0) is 33.0 Å². The maximum Gasteiger partial charge on any atom is 0.252 e. The fraction of sp³-hybridized carbons (Fsp3) is 0.333. The van der Waals surface area contributed by atoms with E-state index in [-0.39, 0.29) is 5.91 Å². The molecule has 0 saturated heterocycles. The van der Waals surface area contributed by atoms with Gasteiger partial charge in [-0.25, -0.2) is 0 Å². The van der Waals surface area contributed by atoms with E-state index in [4.69, 9.17) is 5.73 Å². The minimum absolute atomic E-state index is 0.0218. The number of hydrogen-bond acceptors (Lipinski definition) is 3. The molecule has 0 atom stereocenters. The quantitative estimate of drug-likeness (QED) is 0.504. The van der Waals surface area contributed by atoms with E-state index in [0.29, 0.717) is 12.5 Å². The Kier molecular flexibility index (Phi) is 3.44. The first-order valence-corrected chi connectivity index (χ1v) is 10.6. The molecule has 3 N–H and O–H groups in total. The number of nitrogens with one attached hydrogen (secondary N) is 1. The van der Waals surface area contributed by atoms with Crippen LogP contribution in [0.1, 0.15) is 41.0 Å². The van der Waals surface area contributed by atoms with Crippen molar-refractivity contribution >= 4 is 33.4 Å². The first kappa shape index (κ1) is 17.6. The minimum atomic E-state index is 0.0218. The molecule has 0 saturated carbocycles. The Balaban J connectivity index is 1.86. The summed E-state index contributed by atoms with van der Waals surface area (Å²) < 4.78 is 4.41. The van der Waals surface area contributed by atoms with Crippen molar-refractivity contribution in [2.75, 3.05) is 5.73 Å². The van der Waals surface area contributed by atoms with Gasteiger partial charge in [-0.15, -0.1) is 0 Å². The smallest absolute Gasteiger partial charge is 0.252 e. The monoisotopic (exact) mass is 399 g/mol. The third-order valence-corrected chi connectivity index (χ3v) is 6.67. The van der Waals surface area contributed by atoms with Gasteiger partial charge in [0, 0.05) is 58.9 Å². The van der Waals surface area contributed by atoms with Crippen molar-refractivity contribution in [3.63, 3.8) is 0 Å². The molecule has 0 spiro atoms. The maximum absolute atomic E-state index is 13.0. The van der Waals surface area contributed by atoms with Crippen LogP contribution >= 0.6 is 0 Å². The van der Waals surface area contributed by atoms with Gasteiger partial charge in [-0.2, -0.15) is 5.10 Å². The van der Waals surface area contributed by atoms with Crippen molar-refractivity contribution in [2.24, 2.45) is 13.0 Å². The van der Waals surface area contributed by atoms with E-state index in [2.05, 4.69) is 41.0 Å². The second-order valence-corrected chi connectivity index (χ2v) is 9.02. The van der Waals surface area contributed by atoms with Crippen LogP contribution in [0.5, 0.6) is 0 Å². The second-order valence-electron chi connectivity index (χ2n) is 9.02. The second kappa shape index (κ2) is 5.88. The maximum atomic E-state index is 13.0. The Morgan fingerprint density at radius 3 is 2.83 bits per heavy atom. The molecule has 3 heterocycles. The van der Waals surface area contributed by atoms with Crippen LogP contribution < -0.4 is 11.1 Å². The molecule has 0 unspecified atom stereocenters. The number of nitrogen functional groups attached to an aromatic ring is 1. The number of carbonyl (C=O) groups excluding carboxylic acids is 1. The summed E-state index contributed by atoms with van der Waals surface area (Å²) in [7, 11) is 1.99. The zero-order valence-electron chi connectivity index (χ0n) is 17.5. The number of aromatic nitrogens is 3. The predicted octanol–water partition coefficient (Wildman–Crippen LogP) is 3.78. The van der Waals surface area contributed by atoms with Gasteiger partial charge < -0.3 is 15.6 Å². The molecule has 6 rings (SSSR count). The molecule has 152 valence electrons. The fourth-order valence-corrected chi connectivity index (χ4v) is 5.53. The number of fused-ring (bicyclic) bond motifs is 10. The summed E-state index contributed by atoms with van der Waals surface area (Å²) >= 11 is 0. The summed E-state index contributed by atoms with van der Waals surface area (Å²) in [4.78, 5) is 13.0. The van der Waals surface area contributed by atoms with Crippen LogP contribution in [0.15, 0.2) is 24.4 Å². The van der Waals surface area contributed by atoms with E-state index < -0.39 is 0 Å². The van der Waals surface area contributed by atoms with E-state index in [1.54, 1.807) is 0 Å². The van der Waals surface area contributed by atoms with Gasteiger partial charge in [0.1, 0.15) is 0 Å². The number of rotatable bonds is 2. The lowest BCUT2D eigenvalue weighted by molar-refractivity contribution is 0.0966. The Morgan fingerprint density at radius 1 is 1.20 bits per heavy atom. The lowest BCUT2D eigenvalue weighted by Crippen LogP contribution is -2.16. The summed E-state index contributed by atoms with van der Waals surface area (Å²) in [6, 6.07) is 6.18. The molecule has 1 amide bonds. The Bertz CT molecular complexity index is 1390. The summed E-state index contributed by atoms with van der Waals surface area (Å²) in [5.74, 6) is 0.524. The van der Waals surface area contributed by atoms with E-state index >= 15 is 0 Å². The number of benzene rings is 2. The highest BCUT2D eigenvalue weighted by molar-refractivity contribution is 6.19. The Labute approximate surface area is 174 Å². The molecule has 0 bridgehead atoms. The van der Waals surface area contributed by atoms with Gasteiger partial charge >= 0.3 is 0 Å². The molecule has 6 nitrogen and oxygen atoms in total. The average Bonchev–Trinajstić information content (AvgIpc) is 3.36. The van der Waals surface area contributed by atoms with Crippen molar-refractivity contribution in [1.29, 1.82) is 0 Å². The molecule has 30 heavy (non-hydrogen) atoms. The molecule has 2 aromatic carbocycles. The van der Waals surface area contributed by atoms with E-state index in [9.17, 15) is 4.79 Å². The molecular formula is C24H25N5O. The highest BCUT2D eigenvalue weighted by Gasteiger charge is 2.35. The van der Waals surface area contributed by atoms with Gasteiger partial charge in [-0.1, -0.05) is 13.8 Å². The first-order valence-electron chi connectivity index (χ1n) is 10.6. The molecule has 1 aliphatic carbocycles. The first-order chi connectivity index (χ1) is 14.5. The number of anilines is 1. The number of hydrogen-bond donors (Lipinski definition) is 2.